The average molecular weight is 444 g/mol. The van der Waals surface area contributed by atoms with Crippen LogP contribution < -0.4 is 5.32 Å². The number of carbonyl (C=O) groups is 2. The van der Waals surface area contributed by atoms with Crippen molar-refractivity contribution in [3.63, 3.8) is 0 Å². The molecule has 0 radical (unpaired) electrons. The molecule has 0 aliphatic carbocycles. The molecule has 1 aliphatic heterocycles. The SMILES string of the molecule is CN1CCC(F)(F)CC1.O=Cc1cnc2c(ccn2-c2cccc(C(=O)NCCO)c2)c1. The number of piperidine rings is 1. The minimum absolute atomic E-state index is 0.0312. The molecule has 2 aromatic heterocycles. The Balaban J connectivity index is 0.000000269. The quantitative estimate of drug-likeness (QED) is 0.591. The van der Waals surface area contributed by atoms with Gasteiger partial charge >= 0.3 is 0 Å². The van der Waals surface area contributed by atoms with Gasteiger partial charge in [0.15, 0.2) is 6.29 Å². The van der Waals surface area contributed by atoms with E-state index in [4.69, 9.17) is 5.11 Å². The van der Waals surface area contributed by atoms with Crippen molar-refractivity contribution in [2.75, 3.05) is 33.3 Å². The maximum atomic E-state index is 12.4. The van der Waals surface area contributed by atoms with Crippen molar-refractivity contribution in [3.8, 4) is 5.69 Å². The normalized spacial score (nSPS) is 15.6. The number of aliphatic hydroxyl groups excluding tert-OH is 1. The third-order valence-corrected chi connectivity index (χ3v) is 5.19. The summed E-state index contributed by atoms with van der Waals surface area (Å²) in [6.45, 7) is 1.18. The predicted octanol–water partition coefficient (Wildman–Crippen LogP) is 2.91. The monoisotopic (exact) mass is 444 g/mol. The number of aliphatic hydroxyl groups is 1. The van der Waals surface area contributed by atoms with Gasteiger partial charge in [-0.25, -0.2) is 13.8 Å². The molecule has 0 unspecified atom stereocenters. The molecule has 0 spiro atoms. The molecule has 0 saturated carbocycles. The lowest BCUT2D eigenvalue weighted by atomic mass is 10.1. The van der Waals surface area contributed by atoms with Crippen LogP contribution in [-0.2, 0) is 0 Å². The van der Waals surface area contributed by atoms with Gasteiger partial charge in [0.25, 0.3) is 11.8 Å². The molecule has 7 nitrogen and oxygen atoms in total. The second-order valence-corrected chi connectivity index (χ2v) is 7.67. The number of halogens is 2. The minimum atomic E-state index is -2.38. The molecule has 2 N–H and O–H groups in total. The van der Waals surface area contributed by atoms with Crippen molar-refractivity contribution in [3.05, 3.63) is 59.9 Å². The van der Waals surface area contributed by atoms with E-state index in [0.717, 1.165) is 17.4 Å². The first-order chi connectivity index (χ1) is 15.3. The van der Waals surface area contributed by atoms with E-state index < -0.39 is 5.92 Å². The number of alkyl halides is 2. The molecule has 1 aliphatic rings. The summed E-state index contributed by atoms with van der Waals surface area (Å²) in [6, 6.07) is 10.8. The lowest BCUT2D eigenvalue weighted by Crippen LogP contribution is -2.36. The molecule has 0 bridgehead atoms. The van der Waals surface area contributed by atoms with Crippen LogP contribution in [0.3, 0.4) is 0 Å². The largest absolute Gasteiger partial charge is 0.395 e. The number of hydrogen-bond acceptors (Lipinski definition) is 5. The summed E-state index contributed by atoms with van der Waals surface area (Å²) in [5, 5.41) is 12.2. The number of likely N-dealkylation sites (tertiary alicyclic amines) is 1. The first kappa shape index (κ1) is 23.5. The summed E-state index contributed by atoms with van der Waals surface area (Å²) < 4.78 is 26.6. The van der Waals surface area contributed by atoms with Gasteiger partial charge in [0.1, 0.15) is 5.65 Å². The molecule has 0 atom stereocenters. The molecular weight excluding hydrogens is 418 g/mol. The Morgan fingerprint density at radius 1 is 1.25 bits per heavy atom. The Labute approximate surface area is 184 Å². The number of rotatable bonds is 5. The number of benzene rings is 1. The third kappa shape index (κ3) is 5.95. The fourth-order valence-corrected chi connectivity index (χ4v) is 3.33. The number of hydrogen-bond donors (Lipinski definition) is 2. The van der Waals surface area contributed by atoms with E-state index in [0.29, 0.717) is 29.9 Å². The fourth-order valence-electron chi connectivity index (χ4n) is 3.33. The highest BCUT2D eigenvalue weighted by Gasteiger charge is 2.32. The summed E-state index contributed by atoms with van der Waals surface area (Å²) in [6.07, 6.45) is 4.18. The van der Waals surface area contributed by atoms with Crippen molar-refractivity contribution >= 4 is 23.2 Å². The summed E-state index contributed by atoms with van der Waals surface area (Å²) >= 11 is 0. The van der Waals surface area contributed by atoms with Crippen LogP contribution in [0.4, 0.5) is 8.78 Å². The Hall–Kier alpha value is -3.17. The molecule has 4 rings (SSSR count). The van der Waals surface area contributed by atoms with Gasteiger partial charge in [-0.15, -0.1) is 0 Å². The van der Waals surface area contributed by atoms with Gasteiger partial charge in [-0.05, 0) is 37.4 Å². The van der Waals surface area contributed by atoms with Crippen LogP contribution in [0, 0.1) is 0 Å². The van der Waals surface area contributed by atoms with Gasteiger partial charge in [0.2, 0.25) is 0 Å². The van der Waals surface area contributed by atoms with E-state index in [1.165, 1.54) is 6.20 Å². The van der Waals surface area contributed by atoms with Gasteiger partial charge in [0.05, 0.1) is 6.61 Å². The van der Waals surface area contributed by atoms with Crippen LogP contribution in [0.1, 0.15) is 33.6 Å². The molecule has 1 amide bonds. The van der Waals surface area contributed by atoms with Gasteiger partial charge in [0, 0.05) is 67.1 Å². The van der Waals surface area contributed by atoms with Gasteiger partial charge in [-0.1, -0.05) is 6.07 Å². The zero-order chi connectivity index (χ0) is 23.1. The number of nitrogens with one attached hydrogen (secondary N) is 1. The van der Waals surface area contributed by atoms with Crippen molar-refractivity contribution in [2.45, 2.75) is 18.8 Å². The number of aldehydes is 1. The summed E-state index contributed by atoms with van der Waals surface area (Å²) in [7, 11) is 1.87. The molecule has 32 heavy (non-hydrogen) atoms. The van der Waals surface area contributed by atoms with Crippen molar-refractivity contribution in [1.82, 2.24) is 19.8 Å². The van der Waals surface area contributed by atoms with Gasteiger partial charge < -0.3 is 19.9 Å². The van der Waals surface area contributed by atoms with E-state index >= 15 is 0 Å². The van der Waals surface area contributed by atoms with E-state index in [1.54, 1.807) is 24.3 Å². The highest BCUT2D eigenvalue weighted by atomic mass is 19.3. The van der Waals surface area contributed by atoms with Crippen molar-refractivity contribution in [2.24, 2.45) is 0 Å². The van der Waals surface area contributed by atoms with Crippen molar-refractivity contribution < 1.29 is 23.5 Å². The number of amides is 1. The highest BCUT2D eigenvalue weighted by molar-refractivity contribution is 5.95. The van der Waals surface area contributed by atoms with Crippen LogP contribution in [0.15, 0.2) is 48.8 Å². The van der Waals surface area contributed by atoms with E-state index in [2.05, 4.69) is 10.3 Å². The predicted molar refractivity (Wildman–Crippen MR) is 118 cm³/mol. The van der Waals surface area contributed by atoms with Gasteiger partial charge in [-0.2, -0.15) is 0 Å². The lowest BCUT2D eigenvalue weighted by Gasteiger charge is -2.28. The Morgan fingerprint density at radius 2 is 2.00 bits per heavy atom. The zero-order valence-corrected chi connectivity index (χ0v) is 17.8. The summed E-state index contributed by atoms with van der Waals surface area (Å²) in [5.41, 5.74) is 2.53. The van der Waals surface area contributed by atoms with Crippen molar-refractivity contribution in [1.29, 1.82) is 0 Å². The molecule has 1 fully saturated rings. The first-order valence-corrected chi connectivity index (χ1v) is 10.3. The number of nitrogens with zero attached hydrogens (tertiary/aromatic N) is 3. The van der Waals surface area contributed by atoms with E-state index in [9.17, 15) is 18.4 Å². The summed E-state index contributed by atoms with van der Waals surface area (Å²) in [4.78, 5) is 29.0. The van der Waals surface area contributed by atoms with E-state index in [-0.39, 0.29) is 31.9 Å². The minimum Gasteiger partial charge on any atom is -0.395 e. The van der Waals surface area contributed by atoms with Crippen LogP contribution in [0.2, 0.25) is 0 Å². The Morgan fingerprint density at radius 3 is 2.66 bits per heavy atom. The van der Waals surface area contributed by atoms with Crippen LogP contribution in [-0.4, -0.2) is 71.0 Å². The highest BCUT2D eigenvalue weighted by Crippen LogP contribution is 2.26. The van der Waals surface area contributed by atoms with Crippen LogP contribution in [0.25, 0.3) is 16.7 Å². The Bertz CT molecular complexity index is 1070. The lowest BCUT2D eigenvalue weighted by molar-refractivity contribution is -0.0504. The molecule has 170 valence electrons. The molecule has 1 aromatic carbocycles. The smallest absolute Gasteiger partial charge is 0.251 e. The number of carbonyl (C=O) groups excluding carboxylic acids is 2. The second-order valence-electron chi connectivity index (χ2n) is 7.67. The molecule has 3 aromatic rings. The maximum absolute atomic E-state index is 12.4. The molecule has 1 saturated heterocycles. The first-order valence-electron chi connectivity index (χ1n) is 10.3. The number of aromatic nitrogens is 2. The standard InChI is InChI=1S/C17H15N3O3.C6H11F2N/c21-7-5-18-17(23)14-2-1-3-15(9-14)20-6-4-13-8-12(11-22)10-19-16(13)20;1-9-4-2-6(7,8)3-5-9/h1-4,6,8-11,21H,5,7H2,(H,18,23);2-5H2,1H3. The number of fused-ring (bicyclic) bond motifs is 1. The second kappa shape index (κ2) is 10.4. The molecular formula is C23H26F2N4O3. The van der Waals surface area contributed by atoms with E-state index in [1.807, 2.05) is 34.8 Å². The topological polar surface area (TPSA) is 87.5 Å². The van der Waals surface area contributed by atoms with Gasteiger partial charge in [-0.3, -0.25) is 9.59 Å². The third-order valence-electron chi connectivity index (χ3n) is 5.19. The molecule has 3 heterocycles. The fraction of sp³-hybridized carbons (Fsp3) is 0.348. The Kier molecular flexibility index (Phi) is 7.66. The average Bonchev–Trinajstić information content (AvgIpc) is 3.23. The number of pyridine rings is 1. The van der Waals surface area contributed by atoms with Crippen LogP contribution >= 0.6 is 0 Å². The van der Waals surface area contributed by atoms with Crippen LogP contribution in [0.5, 0.6) is 0 Å². The zero-order valence-electron chi connectivity index (χ0n) is 17.8. The maximum Gasteiger partial charge on any atom is 0.251 e. The molecule has 9 heteroatoms. The summed E-state index contributed by atoms with van der Waals surface area (Å²) in [5.74, 6) is -2.62.